The van der Waals surface area contributed by atoms with Gasteiger partial charge in [-0.2, -0.15) is 0 Å². The summed E-state index contributed by atoms with van der Waals surface area (Å²) in [5, 5.41) is 2.38. The molecule has 0 amide bonds. The second-order valence-corrected chi connectivity index (χ2v) is 5.48. The van der Waals surface area contributed by atoms with Crippen LogP contribution in [0.2, 0.25) is 0 Å². The van der Waals surface area contributed by atoms with Crippen LogP contribution in [0, 0.1) is 0 Å². The molecular formula is C20H15NO. The van der Waals surface area contributed by atoms with E-state index in [1.54, 1.807) is 6.92 Å². The number of hydrogen-bond donors (Lipinski definition) is 0. The molecule has 2 nitrogen and oxygen atoms in total. The summed E-state index contributed by atoms with van der Waals surface area (Å²) in [5.74, 6) is 0.0896. The second kappa shape index (κ2) is 4.85. The zero-order valence-corrected chi connectivity index (χ0v) is 12.3. The lowest BCUT2D eigenvalue weighted by atomic mass is 10.1. The highest BCUT2D eigenvalue weighted by Gasteiger charge is 2.12. The Balaban J connectivity index is 2.19. The summed E-state index contributed by atoms with van der Waals surface area (Å²) < 4.78 is 2.22. The van der Waals surface area contributed by atoms with Crippen molar-refractivity contribution in [3.05, 3.63) is 78.4 Å². The zero-order valence-electron chi connectivity index (χ0n) is 12.3. The summed E-state index contributed by atoms with van der Waals surface area (Å²) in [6, 6.07) is 24.6. The number of hydrogen-bond acceptors (Lipinski definition) is 1. The predicted molar refractivity (Wildman–Crippen MR) is 90.8 cm³/mol. The number of nitrogens with zero attached hydrogens (tertiary/aromatic N) is 1. The standard InChI is InChI=1S/C20H15NO/c1-14(22)15-11-12-18-17-9-5-6-10-19(17)21(20(18)13-15)16-7-3-2-4-8-16/h2-13H,1H3. The quantitative estimate of drug-likeness (QED) is 0.476. The highest BCUT2D eigenvalue weighted by molar-refractivity contribution is 6.11. The molecule has 4 rings (SSSR count). The van der Waals surface area contributed by atoms with Gasteiger partial charge >= 0.3 is 0 Å². The van der Waals surface area contributed by atoms with Crippen LogP contribution < -0.4 is 0 Å². The topological polar surface area (TPSA) is 22.0 Å². The molecule has 1 heterocycles. The van der Waals surface area contributed by atoms with Gasteiger partial charge in [0.15, 0.2) is 5.78 Å². The molecule has 4 aromatic rings. The number of fused-ring (bicyclic) bond motifs is 3. The largest absolute Gasteiger partial charge is 0.309 e. The van der Waals surface area contributed by atoms with Crippen LogP contribution in [0.1, 0.15) is 17.3 Å². The van der Waals surface area contributed by atoms with Crippen LogP contribution in [0.4, 0.5) is 0 Å². The molecule has 0 atom stereocenters. The van der Waals surface area contributed by atoms with Crippen LogP contribution in [0.15, 0.2) is 72.8 Å². The molecule has 0 fully saturated rings. The summed E-state index contributed by atoms with van der Waals surface area (Å²) in [6.45, 7) is 1.61. The third-order valence-corrected chi connectivity index (χ3v) is 4.09. The van der Waals surface area contributed by atoms with E-state index in [-0.39, 0.29) is 5.78 Å². The van der Waals surface area contributed by atoms with Gasteiger partial charge in [-0.05, 0) is 31.2 Å². The molecule has 2 heteroatoms. The van der Waals surface area contributed by atoms with Crippen LogP contribution in [0.3, 0.4) is 0 Å². The van der Waals surface area contributed by atoms with Crippen molar-refractivity contribution in [3.8, 4) is 5.69 Å². The average molecular weight is 285 g/mol. The maximum atomic E-state index is 11.7. The van der Waals surface area contributed by atoms with Crippen LogP contribution in [0.5, 0.6) is 0 Å². The van der Waals surface area contributed by atoms with Crippen molar-refractivity contribution in [2.24, 2.45) is 0 Å². The van der Waals surface area contributed by atoms with Gasteiger partial charge in [-0.15, -0.1) is 0 Å². The van der Waals surface area contributed by atoms with Gasteiger partial charge in [0.25, 0.3) is 0 Å². The first-order valence-electron chi connectivity index (χ1n) is 7.35. The van der Waals surface area contributed by atoms with Crippen molar-refractivity contribution < 1.29 is 4.79 Å². The van der Waals surface area contributed by atoms with E-state index in [2.05, 4.69) is 34.9 Å². The first-order chi connectivity index (χ1) is 10.8. The van der Waals surface area contributed by atoms with Crippen LogP contribution in [-0.4, -0.2) is 10.4 Å². The SMILES string of the molecule is CC(=O)c1ccc2c3ccccc3n(-c3ccccc3)c2c1. The zero-order chi connectivity index (χ0) is 15.1. The van der Waals surface area contributed by atoms with Gasteiger partial charge in [-0.25, -0.2) is 0 Å². The van der Waals surface area contributed by atoms with Crippen LogP contribution in [-0.2, 0) is 0 Å². The first kappa shape index (κ1) is 12.8. The summed E-state index contributed by atoms with van der Waals surface area (Å²) in [6.07, 6.45) is 0. The Morgan fingerprint density at radius 2 is 1.45 bits per heavy atom. The minimum Gasteiger partial charge on any atom is -0.309 e. The number of benzene rings is 3. The number of para-hydroxylation sites is 2. The lowest BCUT2D eigenvalue weighted by Crippen LogP contribution is -1.95. The van der Waals surface area contributed by atoms with E-state index in [9.17, 15) is 4.79 Å². The molecule has 3 aromatic carbocycles. The third-order valence-electron chi connectivity index (χ3n) is 4.09. The fourth-order valence-corrected chi connectivity index (χ4v) is 3.04. The summed E-state index contributed by atoms with van der Waals surface area (Å²) in [7, 11) is 0. The summed E-state index contributed by atoms with van der Waals surface area (Å²) >= 11 is 0. The van der Waals surface area contributed by atoms with Crippen molar-refractivity contribution in [3.63, 3.8) is 0 Å². The molecular weight excluding hydrogens is 270 g/mol. The number of carbonyl (C=O) groups is 1. The summed E-state index contributed by atoms with van der Waals surface area (Å²) in [4.78, 5) is 11.7. The monoisotopic (exact) mass is 285 g/mol. The van der Waals surface area contributed by atoms with Crippen molar-refractivity contribution in [1.29, 1.82) is 0 Å². The fourth-order valence-electron chi connectivity index (χ4n) is 3.04. The molecule has 0 bridgehead atoms. The molecule has 0 saturated heterocycles. The predicted octanol–water partition coefficient (Wildman–Crippen LogP) is 4.99. The minimum atomic E-state index is 0.0896. The Hall–Kier alpha value is -2.87. The third kappa shape index (κ3) is 1.85. The molecule has 0 radical (unpaired) electrons. The van der Waals surface area contributed by atoms with Crippen molar-refractivity contribution in [1.82, 2.24) is 4.57 Å². The van der Waals surface area contributed by atoms with E-state index in [1.807, 2.05) is 42.5 Å². The van der Waals surface area contributed by atoms with E-state index >= 15 is 0 Å². The van der Waals surface area contributed by atoms with E-state index in [0.29, 0.717) is 0 Å². The molecule has 22 heavy (non-hydrogen) atoms. The second-order valence-electron chi connectivity index (χ2n) is 5.48. The molecule has 0 aliphatic rings. The van der Waals surface area contributed by atoms with Gasteiger partial charge < -0.3 is 4.57 Å². The van der Waals surface area contributed by atoms with Gasteiger partial charge in [-0.1, -0.05) is 48.5 Å². The van der Waals surface area contributed by atoms with E-state index in [4.69, 9.17) is 0 Å². The average Bonchev–Trinajstić information content (AvgIpc) is 2.89. The Morgan fingerprint density at radius 1 is 0.773 bits per heavy atom. The Morgan fingerprint density at radius 3 is 2.23 bits per heavy atom. The van der Waals surface area contributed by atoms with Crippen molar-refractivity contribution in [2.75, 3.05) is 0 Å². The maximum Gasteiger partial charge on any atom is 0.159 e. The number of carbonyl (C=O) groups excluding carboxylic acids is 1. The molecule has 106 valence electrons. The van der Waals surface area contributed by atoms with Crippen molar-refractivity contribution in [2.45, 2.75) is 6.92 Å². The number of aromatic nitrogens is 1. The van der Waals surface area contributed by atoms with Gasteiger partial charge in [0, 0.05) is 22.0 Å². The van der Waals surface area contributed by atoms with Gasteiger partial charge in [0.05, 0.1) is 11.0 Å². The van der Waals surface area contributed by atoms with Crippen LogP contribution >= 0.6 is 0 Å². The maximum absolute atomic E-state index is 11.7. The molecule has 0 unspecified atom stereocenters. The molecule has 0 aliphatic carbocycles. The van der Waals surface area contributed by atoms with E-state index in [0.717, 1.165) is 22.3 Å². The number of rotatable bonds is 2. The van der Waals surface area contributed by atoms with Gasteiger partial charge in [-0.3, -0.25) is 4.79 Å². The number of ketones is 1. The fraction of sp³-hybridized carbons (Fsp3) is 0.0500. The Kier molecular flexibility index (Phi) is 2.83. The lowest BCUT2D eigenvalue weighted by Gasteiger charge is -2.07. The molecule has 1 aromatic heterocycles. The van der Waals surface area contributed by atoms with Gasteiger partial charge in [0.2, 0.25) is 0 Å². The molecule has 0 saturated carbocycles. The molecule has 0 aliphatic heterocycles. The van der Waals surface area contributed by atoms with E-state index < -0.39 is 0 Å². The van der Waals surface area contributed by atoms with Crippen LogP contribution in [0.25, 0.3) is 27.5 Å². The smallest absolute Gasteiger partial charge is 0.159 e. The Labute approximate surface area is 128 Å². The normalized spacial score (nSPS) is 11.1. The molecule has 0 N–H and O–H groups in total. The highest BCUT2D eigenvalue weighted by Crippen LogP contribution is 2.32. The number of Topliss-reactive ketones (excluding diaryl/α,β-unsaturated/α-hetero) is 1. The minimum absolute atomic E-state index is 0.0896. The summed E-state index contributed by atoms with van der Waals surface area (Å²) in [5.41, 5.74) is 4.08. The first-order valence-corrected chi connectivity index (χ1v) is 7.35. The lowest BCUT2D eigenvalue weighted by molar-refractivity contribution is 0.101. The molecule has 0 spiro atoms. The van der Waals surface area contributed by atoms with Crippen molar-refractivity contribution >= 4 is 27.6 Å². The Bertz CT molecular complexity index is 996. The van der Waals surface area contributed by atoms with E-state index in [1.165, 1.54) is 10.8 Å². The highest BCUT2D eigenvalue weighted by atomic mass is 16.1. The van der Waals surface area contributed by atoms with Gasteiger partial charge in [0.1, 0.15) is 0 Å².